The fourth-order valence-corrected chi connectivity index (χ4v) is 4.61. The van der Waals surface area contributed by atoms with E-state index in [1.54, 1.807) is 18.5 Å². The largest absolute Gasteiger partial charge is 0.493 e. The van der Waals surface area contributed by atoms with Crippen LogP contribution in [0.4, 0.5) is 16.5 Å². The second-order valence-electron chi connectivity index (χ2n) is 6.94. The zero-order chi connectivity index (χ0) is 24.1. The van der Waals surface area contributed by atoms with Crippen LogP contribution in [0, 0.1) is 0 Å². The van der Waals surface area contributed by atoms with Gasteiger partial charge in [0, 0.05) is 34.7 Å². The van der Waals surface area contributed by atoms with Gasteiger partial charge in [0.1, 0.15) is 0 Å². The molecule has 0 aliphatic carbocycles. The number of benzene rings is 2. The van der Waals surface area contributed by atoms with Crippen molar-refractivity contribution in [1.82, 2.24) is 9.97 Å². The van der Waals surface area contributed by atoms with Crippen molar-refractivity contribution >= 4 is 49.7 Å². The van der Waals surface area contributed by atoms with Gasteiger partial charge in [-0.25, -0.2) is 4.98 Å². The number of hydrogen-bond acceptors (Lipinski definition) is 8. The number of carbonyl (C=O) groups excluding carboxylic acids is 1. The summed E-state index contributed by atoms with van der Waals surface area (Å²) in [5.74, 6) is 0.842. The second-order valence-corrected chi connectivity index (χ2v) is 8.59. The number of ether oxygens (including phenoxy) is 3. The maximum Gasteiger partial charge on any atom is 0.257 e. The van der Waals surface area contributed by atoms with E-state index in [1.807, 2.05) is 41.8 Å². The van der Waals surface area contributed by atoms with Crippen LogP contribution in [0.5, 0.6) is 17.2 Å². The molecule has 0 spiro atoms. The fraction of sp³-hybridized carbons (Fsp3) is 0.125. The molecule has 2 aromatic heterocycles. The maximum absolute atomic E-state index is 13.0. The summed E-state index contributed by atoms with van der Waals surface area (Å²) in [4.78, 5) is 21.6. The van der Waals surface area contributed by atoms with Crippen molar-refractivity contribution in [1.29, 1.82) is 0 Å². The highest BCUT2D eigenvalue weighted by atomic mass is 79.9. The Labute approximate surface area is 209 Å². The van der Waals surface area contributed by atoms with Crippen molar-refractivity contribution < 1.29 is 19.0 Å². The van der Waals surface area contributed by atoms with Gasteiger partial charge in [0.05, 0.1) is 37.1 Å². The van der Waals surface area contributed by atoms with Crippen molar-refractivity contribution in [2.24, 2.45) is 0 Å². The predicted molar refractivity (Wildman–Crippen MR) is 137 cm³/mol. The average Bonchev–Trinajstić information content (AvgIpc) is 3.33. The van der Waals surface area contributed by atoms with Crippen LogP contribution < -0.4 is 24.8 Å². The Balaban J connectivity index is 1.47. The number of methoxy groups -OCH3 is 3. The molecule has 1 amide bonds. The van der Waals surface area contributed by atoms with Crippen LogP contribution in [0.3, 0.4) is 0 Å². The molecule has 0 atom stereocenters. The van der Waals surface area contributed by atoms with Gasteiger partial charge >= 0.3 is 0 Å². The predicted octanol–water partition coefficient (Wildman–Crippen LogP) is 5.99. The Bertz CT molecular complexity index is 1300. The minimum atomic E-state index is -0.325. The number of thiazole rings is 1. The van der Waals surface area contributed by atoms with E-state index >= 15 is 0 Å². The SMILES string of the molecule is COc1cc(C(=O)Nc2ccc(Nc3nc(-c4ccncc4)cs3)cc2)c(Br)c(OC)c1OC. The van der Waals surface area contributed by atoms with E-state index < -0.39 is 0 Å². The molecule has 0 saturated heterocycles. The monoisotopic (exact) mass is 540 g/mol. The molecule has 0 saturated carbocycles. The summed E-state index contributed by atoms with van der Waals surface area (Å²) < 4.78 is 16.6. The first-order chi connectivity index (χ1) is 16.5. The van der Waals surface area contributed by atoms with Crippen LogP contribution >= 0.6 is 27.3 Å². The molecule has 0 unspecified atom stereocenters. The molecule has 2 heterocycles. The first kappa shape index (κ1) is 23.5. The zero-order valence-corrected chi connectivity index (χ0v) is 21.0. The molecular formula is C24H21BrN4O4S. The van der Waals surface area contributed by atoms with Crippen molar-refractivity contribution in [2.45, 2.75) is 0 Å². The molecule has 0 aliphatic heterocycles. The quantitative estimate of drug-likeness (QED) is 0.283. The van der Waals surface area contributed by atoms with Gasteiger partial charge in [0.15, 0.2) is 16.6 Å². The summed E-state index contributed by atoms with van der Waals surface area (Å²) in [7, 11) is 4.51. The third-order valence-corrected chi connectivity index (χ3v) is 6.43. The Morgan fingerprint density at radius 3 is 2.26 bits per heavy atom. The van der Waals surface area contributed by atoms with Crippen LogP contribution in [-0.2, 0) is 0 Å². The number of rotatable bonds is 8. The number of pyridine rings is 1. The van der Waals surface area contributed by atoms with Gasteiger partial charge in [-0.1, -0.05) is 0 Å². The van der Waals surface area contributed by atoms with Crippen molar-refractivity contribution in [3.05, 3.63) is 70.3 Å². The molecule has 0 aliphatic rings. The molecule has 0 fully saturated rings. The Morgan fingerprint density at radius 1 is 0.941 bits per heavy atom. The van der Waals surface area contributed by atoms with E-state index in [1.165, 1.54) is 32.7 Å². The van der Waals surface area contributed by atoms with Gasteiger partial charge < -0.3 is 24.8 Å². The van der Waals surface area contributed by atoms with E-state index in [0.29, 0.717) is 33.0 Å². The summed E-state index contributed by atoms with van der Waals surface area (Å²) in [6, 6.07) is 12.8. The molecule has 174 valence electrons. The standard InChI is InChI=1S/C24H21BrN4O4S/c1-31-19-12-17(20(25)22(33-3)21(19)32-2)23(30)27-15-4-6-16(7-5-15)28-24-29-18(13-34-24)14-8-10-26-11-9-14/h4-13H,1-3H3,(H,27,30)(H,28,29). The summed E-state index contributed by atoms with van der Waals surface area (Å²) in [5, 5.41) is 8.93. The lowest BCUT2D eigenvalue weighted by Crippen LogP contribution is -2.13. The van der Waals surface area contributed by atoms with Crippen LogP contribution in [0.1, 0.15) is 10.4 Å². The van der Waals surface area contributed by atoms with Crippen LogP contribution in [0.25, 0.3) is 11.3 Å². The van der Waals surface area contributed by atoms with Gasteiger partial charge in [-0.05, 0) is 58.4 Å². The first-order valence-electron chi connectivity index (χ1n) is 10.1. The molecule has 4 rings (SSSR count). The Hall–Kier alpha value is -3.63. The lowest BCUT2D eigenvalue weighted by molar-refractivity contribution is 0.102. The lowest BCUT2D eigenvalue weighted by Gasteiger charge is -2.16. The summed E-state index contributed by atoms with van der Waals surface area (Å²) in [5.41, 5.74) is 3.73. The fourth-order valence-electron chi connectivity index (χ4n) is 3.23. The summed E-state index contributed by atoms with van der Waals surface area (Å²) >= 11 is 4.95. The maximum atomic E-state index is 13.0. The smallest absolute Gasteiger partial charge is 0.257 e. The molecular weight excluding hydrogens is 520 g/mol. The number of nitrogens with zero attached hydrogens (tertiary/aromatic N) is 2. The number of anilines is 3. The van der Waals surface area contributed by atoms with Crippen LogP contribution in [-0.4, -0.2) is 37.2 Å². The molecule has 0 radical (unpaired) electrons. The van der Waals surface area contributed by atoms with Crippen LogP contribution in [0.2, 0.25) is 0 Å². The van der Waals surface area contributed by atoms with E-state index in [0.717, 1.165) is 22.1 Å². The highest BCUT2D eigenvalue weighted by molar-refractivity contribution is 9.10. The van der Waals surface area contributed by atoms with Crippen molar-refractivity contribution in [2.75, 3.05) is 32.0 Å². The van der Waals surface area contributed by atoms with Crippen LogP contribution in [0.15, 0.2) is 64.7 Å². The lowest BCUT2D eigenvalue weighted by atomic mass is 10.1. The highest BCUT2D eigenvalue weighted by Crippen LogP contribution is 2.44. The number of amides is 1. The average molecular weight is 541 g/mol. The van der Waals surface area contributed by atoms with Crippen molar-refractivity contribution in [3.63, 3.8) is 0 Å². The van der Waals surface area contributed by atoms with Gasteiger partial charge in [0.2, 0.25) is 5.75 Å². The highest BCUT2D eigenvalue weighted by Gasteiger charge is 2.23. The molecule has 8 nitrogen and oxygen atoms in total. The number of hydrogen-bond donors (Lipinski definition) is 2. The molecule has 4 aromatic rings. The molecule has 2 aromatic carbocycles. The van der Waals surface area contributed by atoms with Gasteiger partial charge in [-0.3, -0.25) is 9.78 Å². The third kappa shape index (κ3) is 4.97. The zero-order valence-electron chi connectivity index (χ0n) is 18.6. The van der Waals surface area contributed by atoms with Gasteiger partial charge in [-0.2, -0.15) is 0 Å². The third-order valence-electron chi connectivity index (χ3n) is 4.89. The molecule has 0 bridgehead atoms. The van der Waals surface area contributed by atoms with Crippen molar-refractivity contribution in [3.8, 4) is 28.5 Å². The number of aromatic nitrogens is 2. The number of halogens is 1. The first-order valence-corrected chi connectivity index (χ1v) is 11.7. The Kier molecular flexibility index (Phi) is 7.29. The molecule has 34 heavy (non-hydrogen) atoms. The van der Waals surface area contributed by atoms with E-state index in [9.17, 15) is 4.79 Å². The topological polar surface area (TPSA) is 94.6 Å². The van der Waals surface area contributed by atoms with E-state index in [4.69, 9.17) is 14.2 Å². The second kappa shape index (κ2) is 10.5. The summed E-state index contributed by atoms with van der Waals surface area (Å²) in [6.07, 6.45) is 3.48. The molecule has 10 heteroatoms. The number of carbonyl (C=O) groups is 1. The van der Waals surface area contributed by atoms with E-state index in [-0.39, 0.29) is 5.91 Å². The minimum absolute atomic E-state index is 0.325. The van der Waals surface area contributed by atoms with E-state index in [2.05, 4.69) is 36.5 Å². The van der Waals surface area contributed by atoms with Gasteiger partial charge in [-0.15, -0.1) is 11.3 Å². The number of nitrogens with one attached hydrogen (secondary N) is 2. The summed E-state index contributed by atoms with van der Waals surface area (Å²) in [6.45, 7) is 0. The molecule has 2 N–H and O–H groups in total. The minimum Gasteiger partial charge on any atom is -0.493 e. The Morgan fingerprint density at radius 2 is 1.62 bits per heavy atom. The normalized spacial score (nSPS) is 10.5. The van der Waals surface area contributed by atoms with Gasteiger partial charge in [0.25, 0.3) is 5.91 Å².